The lowest BCUT2D eigenvalue weighted by Crippen LogP contribution is -2.16. The fraction of sp³-hybridized carbons (Fsp3) is 0. The van der Waals surface area contributed by atoms with Crippen LogP contribution in [0.1, 0.15) is 21.0 Å². The van der Waals surface area contributed by atoms with Crippen LogP contribution in [-0.4, -0.2) is 31.9 Å². The fourth-order valence-corrected chi connectivity index (χ4v) is 1.85. The van der Waals surface area contributed by atoms with Gasteiger partial charge >= 0.3 is 11.7 Å². The molecule has 0 unspecified atom stereocenters. The largest absolute Gasteiger partial charge is 0.477 e. The van der Waals surface area contributed by atoms with E-state index in [0.717, 1.165) is 6.33 Å². The monoisotopic (exact) mass is 288 g/mol. The quantitative estimate of drug-likeness (QED) is 0.561. The number of H-pyrrole nitrogens is 2. The molecule has 0 fully saturated rings. The number of aromatic amines is 2. The molecule has 3 rings (SSSR count). The molecular formula is C12H8N4O5. The van der Waals surface area contributed by atoms with Crippen molar-refractivity contribution in [1.29, 1.82) is 0 Å². The van der Waals surface area contributed by atoms with E-state index in [2.05, 4.69) is 20.3 Å². The van der Waals surface area contributed by atoms with Crippen LogP contribution in [0, 0.1) is 0 Å². The van der Waals surface area contributed by atoms with Crippen LogP contribution < -0.4 is 11.1 Å². The van der Waals surface area contributed by atoms with Gasteiger partial charge in [-0.15, -0.1) is 0 Å². The number of nitrogens with zero attached hydrogens (tertiary/aromatic N) is 1. The molecule has 2 heterocycles. The highest BCUT2D eigenvalue weighted by molar-refractivity contribution is 6.09. The Bertz CT molecular complexity index is 904. The highest BCUT2D eigenvalue weighted by Gasteiger charge is 2.19. The topological polar surface area (TPSA) is 141 Å². The maximum absolute atomic E-state index is 12.0. The van der Waals surface area contributed by atoms with E-state index in [0.29, 0.717) is 16.8 Å². The summed E-state index contributed by atoms with van der Waals surface area (Å²) in [5.41, 5.74) is 0.597. The SMILES string of the molecule is O=C(Nc1ccc2oc(=O)[nH]c2c1)c1nc[nH]c1C(=O)O. The first-order valence-corrected chi connectivity index (χ1v) is 5.75. The molecular weight excluding hydrogens is 280 g/mol. The average molecular weight is 288 g/mol. The van der Waals surface area contributed by atoms with Crippen molar-refractivity contribution in [2.75, 3.05) is 5.32 Å². The molecule has 0 aliphatic rings. The summed E-state index contributed by atoms with van der Waals surface area (Å²) in [5, 5.41) is 11.4. The lowest BCUT2D eigenvalue weighted by molar-refractivity contribution is 0.0686. The number of carbonyl (C=O) groups excluding carboxylic acids is 1. The second-order valence-corrected chi connectivity index (χ2v) is 4.11. The van der Waals surface area contributed by atoms with Crippen molar-refractivity contribution in [2.45, 2.75) is 0 Å². The maximum Gasteiger partial charge on any atom is 0.417 e. The minimum absolute atomic E-state index is 0.233. The molecule has 0 saturated carbocycles. The van der Waals surface area contributed by atoms with Crippen LogP contribution in [0.25, 0.3) is 11.1 Å². The zero-order valence-electron chi connectivity index (χ0n) is 10.3. The number of aromatic carboxylic acids is 1. The van der Waals surface area contributed by atoms with E-state index in [1.54, 1.807) is 0 Å². The van der Waals surface area contributed by atoms with Crippen molar-refractivity contribution >= 4 is 28.7 Å². The van der Waals surface area contributed by atoms with Crippen LogP contribution in [0.3, 0.4) is 0 Å². The minimum Gasteiger partial charge on any atom is -0.477 e. The van der Waals surface area contributed by atoms with Crippen molar-refractivity contribution < 1.29 is 19.1 Å². The maximum atomic E-state index is 12.0. The molecule has 21 heavy (non-hydrogen) atoms. The molecule has 0 spiro atoms. The van der Waals surface area contributed by atoms with E-state index in [-0.39, 0.29) is 11.4 Å². The summed E-state index contributed by atoms with van der Waals surface area (Å²) in [4.78, 5) is 42.4. The first-order valence-electron chi connectivity index (χ1n) is 5.75. The van der Waals surface area contributed by atoms with E-state index >= 15 is 0 Å². The summed E-state index contributed by atoms with van der Waals surface area (Å²) in [6, 6.07) is 4.51. The average Bonchev–Trinajstić information content (AvgIpc) is 3.03. The van der Waals surface area contributed by atoms with Crippen LogP contribution in [-0.2, 0) is 0 Å². The van der Waals surface area contributed by atoms with Gasteiger partial charge in [-0.2, -0.15) is 0 Å². The summed E-state index contributed by atoms with van der Waals surface area (Å²) in [6.45, 7) is 0. The lowest BCUT2D eigenvalue weighted by atomic mass is 10.2. The van der Waals surface area contributed by atoms with Crippen LogP contribution in [0.5, 0.6) is 0 Å². The van der Waals surface area contributed by atoms with Crippen LogP contribution >= 0.6 is 0 Å². The van der Waals surface area contributed by atoms with Gasteiger partial charge in [0, 0.05) is 5.69 Å². The number of aromatic nitrogens is 3. The van der Waals surface area contributed by atoms with Gasteiger partial charge in [-0.05, 0) is 18.2 Å². The van der Waals surface area contributed by atoms with Gasteiger partial charge in [0.1, 0.15) is 0 Å². The van der Waals surface area contributed by atoms with Crippen molar-refractivity contribution in [1.82, 2.24) is 15.0 Å². The van der Waals surface area contributed by atoms with E-state index in [9.17, 15) is 14.4 Å². The standard InChI is InChI=1S/C12H8N4O5/c17-10(8-9(11(18)19)14-4-13-8)15-5-1-2-7-6(3-5)16-12(20)21-7/h1-4H,(H,13,14)(H,15,17)(H,16,20)(H,18,19). The Balaban J connectivity index is 1.90. The molecule has 0 aliphatic carbocycles. The zero-order valence-corrected chi connectivity index (χ0v) is 10.3. The zero-order chi connectivity index (χ0) is 15.0. The van der Waals surface area contributed by atoms with E-state index in [4.69, 9.17) is 9.52 Å². The summed E-state index contributed by atoms with van der Waals surface area (Å²) in [5.74, 6) is -2.57. The number of fused-ring (bicyclic) bond motifs is 1. The number of hydrogen-bond acceptors (Lipinski definition) is 5. The highest BCUT2D eigenvalue weighted by Crippen LogP contribution is 2.17. The van der Waals surface area contributed by atoms with Gasteiger partial charge in [-0.3, -0.25) is 9.78 Å². The number of hydrogen-bond donors (Lipinski definition) is 4. The number of carbonyl (C=O) groups is 2. The molecule has 0 atom stereocenters. The smallest absolute Gasteiger partial charge is 0.417 e. The third-order valence-electron chi connectivity index (χ3n) is 2.75. The molecule has 1 aromatic carbocycles. The predicted octanol–water partition coefficient (Wildman–Crippen LogP) is 0.795. The molecule has 4 N–H and O–H groups in total. The van der Waals surface area contributed by atoms with Crippen LogP contribution in [0.15, 0.2) is 33.7 Å². The Morgan fingerprint density at radius 3 is 2.90 bits per heavy atom. The lowest BCUT2D eigenvalue weighted by Gasteiger charge is -2.03. The Labute approximate surface area is 115 Å². The minimum atomic E-state index is -1.28. The number of rotatable bonds is 3. The molecule has 0 aliphatic heterocycles. The number of amides is 1. The molecule has 0 bridgehead atoms. The Morgan fingerprint density at radius 2 is 2.14 bits per heavy atom. The molecule has 9 heteroatoms. The van der Waals surface area contributed by atoms with E-state index < -0.39 is 17.6 Å². The molecule has 2 aromatic heterocycles. The fourth-order valence-electron chi connectivity index (χ4n) is 1.85. The third-order valence-corrected chi connectivity index (χ3v) is 2.75. The Morgan fingerprint density at radius 1 is 1.33 bits per heavy atom. The van der Waals surface area contributed by atoms with Gasteiger partial charge < -0.3 is 19.8 Å². The second kappa shape index (κ2) is 4.63. The van der Waals surface area contributed by atoms with Gasteiger partial charge in [0.15, 0.2) is 17.0 Å². The Hall–Kier alpha value is -3.36. The number of anilines is 1. The van der Waals surface area contributed by atoms with E-state index in [1.165, 1.54) is 18.2 Å². The van der Waals surface area contributed by atoms with Gasteiger partial charge in [-0.25, -0.2) is 14.6 Å². The summed E-state index contributed by atoms with van der Waals surface area (Å²) in [7, 11) is 0. The van der Waals surface area contributed by atoms with Gasteiger partial charge in [0.2, 0.25) is 0 Å². The normalized spacial score (nSPS) is 10.7. The molecule has 1 amide bonds. The number of oxazole rings is 1. The van der Waals surface area contributed by atoms with Gasteiger partial charge in [0.05, 0.1) is 11.8 Å². The number of benzene rings is 1. The summed E-state index contributed by atoms with van der Waals surface area (Å²) < 4.78 is 4.83. The second-order valence-electron chi connectivity index (χ2n) is 4.11. The number of nitrogens with one attached hydrogen (secondary N) is 3. The number of carboxylic acids is 1. The Kier molecular flexibility index (Phi) is 2.79. The number of imidazole rings is 1. The van der Waals surface area contributed by atoms with Crippen molar-refractivity contribution in [3.63, 3.8) is 0 Å². The summed E-state index contributed by atoms with van der Waals surface area (Å²) >= 11 is 0. The first-order chi connectivity index (χ1) is 10.0. The van der Waals surface area contributed by atoms with Crippen LogP contribution in [0.2, 0.25) is 0 Å². The first kappa shape index (κ1) is 12.7. The number of carboxylic acid groups (broad SMARTS) is 1. The molecule has 106 valence electrons. The van der Waals surface area contributed by atoms with Crippen LogP contribution in [0.4, 0.5) is 5.69 Å². The van der Waals surface area contributed by atoms with E-state index in [1.807, 2.05) is 0 Å². The predicted molar refractivity (Wildman–Crippen MR) is 70.3 cm³/mol. The van der Waals surface area contributed by atoms with Crippen molar-refractivity contribution in [3.05, 3.63) is 46.5 Å². The summed E-state index contributed by atoms with van der Waals surface area (Å²) in [6.07, 6.45) is 1.12. The molecule has 9 nitrogen and oxygen atoms in total. The van der Waals surface area contributed by atoms with Gasteiger partial charge in [-0.1, -0.05) is 0 Å². The highest BCUT2D eigenvalue weighted by atomic mass is 16.4. The molecule has 3 aromatic rings. The van der Waals surface area contributed by atoms with Crippen molar-refractivity contribution in [3.8, 4) is 0 Å². The third kappa shape index (κ3) is 2.27. The molecule has 0 radical (unpaired) electrons. The van der Waals surface area contributed by atoms with Crippen molar-refractivity contribution in [2.24, 2.45) is 0 Å². The van der Waals surface area contributed by atoms with Gasteiger partial charge in [0.25, 0.3) is 5.91 Å². The molecule has 0 saturated heterocycles.